The van der Waals surface area contributed by atoms with Gasteiger partial charge in [0.1, 0.15) is 6.04 Å². The number of carbonyl (C=O) groups excluding carboxylic acids is 1. The third-order valence-corrected chi connectivity index (χ3v) is 3.13. The molecule has 0 bridgehead atoms. The summed E-state index contributed by atoms with van der Waals surface area (Å²) >= 11 is 5.70. The van der Waals surface area contributed by atoms with Gasteiger partial charge in [-0.15, -0.1) is 0 Å². The van der Waals surface area contributed by atoms with Gasteiger partial charge in [-0.3, -0.25) is 4.79 Å². The smallest absolute Gasteiger partial charge is 0.245 e. The average Bonchev–Trinajstić information content (AvgIpc) is 2.38. The molecule has 0 saturated carbocycles. The SMILES string of the molecule is CC(C)NC(=O)C1COCCN1c1ncc(Cl)cc1F. The van der Waals surface area contributed by atoms with Gasteiger partial charge in [-0.2, -0.15) is 0 Å². The highest BCUT2D eigenvalue weighted by atomic mass is 35.5. The van der Waals surface area contributed by atoms with Crippen LogP contribution in [0, 0.1) is 5.82 Å². The molecule has 1 amide bonds. The zero-order valence-corrected chi connectivity index (χ0v) is 12.2. The van der Waals surface area contributed by atoms with Crippen LogP contribution in [0.5, 0.6) is 0 Å². The van der Waals surface area contributed by atoms with Crippen LogP contribution >= 0.6 is 11.6 Å². The first-order valence-corrected chi connectivity index (χ1v) is 6.82. The van der Waals surface area contributed by atoms with Crippen LogP contribution in [0.2, 0.25) is 5.02 Å². The van der Waals surface area contributed by atoms with Crippen LogP contribution in [0.15, 0.2) is 12.3 Å². The van der Waals surface area contributed by atoms with Crippen molar-refractivity contribution in [3.63, 3.8) is 0 Å². The quantitative estimate of drug-likeness (QED) is 0.921. The fourth-order valence-electron chi connectivity index (χ4n) is 2.07. The molecular formula is C13H17ClFN3O2. The average molecular weight is 302 g/mol. The lowest BCUT2D eigenvalue weighted by Gasteiger charge is -2.35. The van der Waals surface area contributed by atoms with Gasteiger partial charge in [0.05, 0.1) is 18.2 Å². The minimum atomic E-state index is -0.589. The van der Waals surface area contributed by atoms with Crippen LogP contribution in [-0.4, -0.2) is 42.7 Å². The van der Waals surface area contributed by atoms with Crippen LogP contribution in [0.1, 0.15) is 13.8 Å². The monoisotopic (exact) mass is 301 g/mol. The molecule has 20 heavy (non-hydrogen) atoms. The van der Waals surface area contributed by atoms with Crippen LogP contribution < -0.4 is 10.2 Å². The molecule has 110 valence electrons. The number of rotatable bonds is 3. The lowest BCUT2D eigenvalue weighted by atomic mass is 10.2. The number of carbonyl (C=O) groups is 1. The van der Waals surface area contributed by atoms with Gasteiger partial charge in [-0.05, 0) is 19.9 Å². The summed E-state index contributed by atoms with van der Waals surface area (Å²) in [4.78, 5) is 17.8. The van der Waals surface area contributed by atoms with Crippen molar-refractivity contribution >= 4 is 23.3 Å². The number of aromatic nitrogens is 1. The topological polar surface area (TPSA) is 54.5 Å². The van der Waals surface area contributed by atoms with E-state index in [9.17, 15) is 9.18 Å². The third-order valence-electron chi connectivity index (χ3n) is 2.92. The summed E-state index contributed by atoms with van der Waals surface area (Å²) in [6.45, 7) is 4.78. The Morgan fingerprint density at radius 1 is 1.65 bits per heavy atom. The molecule has 1 saturated heterocycles. The van der Waals surface area contributed by atoms with E-state index in [1.807, 2.05) is 13.8 Å². The van der Waals surface area contributed by atoms with Gasteiger partial charge >= 0.3 is 0 Å². The van der Waals surface area contributed by atoms with E-state index in [2.05, 4.69) is 10.3 Å². The molecule has 1 fully saturated rings. The first-order valence-electron chi connectivity index (χ1n) is 6.45. The largest absolute Gasteiger partial charge is 0.377 e. The van der Waals surface area contributed by atoms with Gasteiger partial charge in [0, 0.05) is 18.8 Å². The van der Waals surface area contributed by atoms with E-state index >= 15 is 0 Å². The molecule has 2 rings (SSSR count). The minimum absolute atomic E-state index is 0.00861. The van der Waals surface area contributed by atoms with E-state index in [1.165, 1.54) is 12.3 Å². The number of nitrogens with one attached hydrogen (secondary N) is 1. The van der Waals surface area contributed by atoms with E-state index in [0.29, 0.717) is 13.2 Å². The fraction of sp³-hybridized carbons (Fsp3) is 0.538. The Labute approximate surface area is 122 Å². The number of morpholine rings is 1. The third kappa shape index (κ3) is 3.37. The van der Waals surface area contributed by atoms with Gasteiger partial charge in [0.25, 0.3) is 0 Å². The molecule has 1 atom stereocenters. The second kappa shape index (κ2) is 6.37. The van der Waals surface area contributed by atoms with Crippen molar-refractivity contribution in [2.75, 3.05) is 24.7 Å². The molecule has 0 aromatic carbocycles. The highest BCUT2D eigenvalue weighted by Gasteiger charge is 2.32. The normalized spacial score (nSPS) is 19.2. The predicted octanol–water partition coefficient (Wildman–Crippen LogP) is 1.60. The van der Waals surface area contributed by atoms with Gasteiger partial charge < -0.3 is 15.0 Å². The van der Waals surface area contributed by atoms with Crippen LogP contribution in [0.4, 0.5) is 10.2 Å². The molecule has 1 aromatic heterocycles. The van der Waals surface area contributed by atoms with Crippen LogP contribution in [0.3, 0.4) is 0 Å². The minimum Gasteiger partial charge on any atom is -0.377 e. The molecule has 0 radical (unpaired) electrons. The summed E-state index contributed by atoms with van der Waals surface area (Å²) < 4.78 is 19.3. The van der Waals surface area contributed by atoms with Gasteiger partial charge in [-0.25, -0.2) is 9.37 Å². The number of ether oxygens (including phenoxy) is 1. The molecule has 1 unspecified atom stereocenters. The molecule has 0 aliphatic carbocycles. The van der Waals surface area contributed by atoms with Gasteiger partial charge in [0.2, 0.25) is 5.91 Å². The summed E-state index contributed by atoms with van der Waals surface area (Å²) in [6.07, 6.45) is 1.37. The lowest BCUT2D eigenvalue weighted by Crippen LogP contribution is -2.55. The Bertz CT molecular complexity index is 499. The molecular weight excluding hydrogens is 285 g/mol. The molecule has 1 N–H and O–H groups in total. The van der Waals surface area contributed by atoms with E-state index in [-0.39, 0.29) is 29.4 Å². The van der Waals surface area contributed by atoms with Crippen molar-refractivity contribution in [2.24, 2.45) is 0 Å². The van der Waals surface area contributed by atoms with Crippen molar-refractivity contribution in [3.05, 3.63) is 23.1 Å². The molecule has 0 spiro atoms. The van der Waals surface area contributed by atoms with Crippen molar-refractivity contribution in [1.29, 1.82) is 0 Å². The zero-order valence-electron chi connectivity index (χ0n) is 11.4. The van der Waals surface area contributed by atoms with E-state index in [1.54, 1.807) is 4.90 Å². The first kappa shape index (κ1) is 15.0. The number of amides is 1. The molecule has 5 nitrogen and oxygen atoms in total. The van der Waals surface area contributed by atoms with Crippen molar-refractivity contribution in [3.8, 4) is 0 Å². The maximum Gasteiger partial charge on any atom is 0.245 e. The van der Waals surface area contributed by atoms with Gasteiger partial charge in [0.15, 0.2) is 11.6 Å². The predicted molar refractivity (Wildman–Crippen MR) is 74.4 cm³/mol. The Balaban J connectivity index is 2.24. The fourth-order valence-corrected chi connectivity index (χ4v) is 2.22. The number of hydrogen-bond acceptors (Lipinski definition) is 4. The summed E-state index contributed by atoms with van der Waals surface area (Å²) in [5.74, 6) is -0.612. The number of pyridine rings is 1. The number of nitrogens with zero attached hydrogens (tertiary/aromatic N) is 2. The molecule has 1 aromatic rings. The molecule has 1 aliphatic heterocycles. The number of anilines is 1. The van der Waals surface area contributed by atoms with E-state index in [0.717, 1.165) is 0 Å². The first-order chi connectivity index (χ1) is 9.49. The number of halogens is 2. The zero-order chi connectivity index (χ0) is 14.7. The lowest BCUT2D eigenvalue weighted by molar-refractivity contribution is -0.125. The van der Waals surface area contributed by atoms with Crippen LogP contribution in [-0.2, 0) is 9.53 Å². The molecule has 1 aliphatic rings. The van der Waals surface area contributed by atoms with Crippen molar-refractivity contribution in [2.45, 2.75) is 25.9 Å². The highest BCUT2D eigenvalue weighted by Crippen LogP contribution is 2.23. The maximum absolute atomic E-state index is 14.0. The summed E-state index contributed by atoms with van der Waals surface area (Å²) in [6, 6.07) is 0.611. The number of hydrogen-bond donors (Lipinski definition) is 1. The Morgan fingerprint density at radius 2 is 2.40 bits per heavy atom. The summed E-state index contributed by atoms with van der Waals surface area (Å²) in [7, 11) is 0. The second-order valence-electron chi connectivity index (χ2n) is 4.91. The second-order valence-corrected chi connectivity index (χ2v) is 5.34. The van der Waals surface area contributed by atoms with Crippen LogP contribution in [0.25, 0.3) is 0 Å². The molecule has 2 heterocycles. The van der Waals surface area contributed by atoms with E-state index < -0.39 is 11.9 Å². The van der Waals surface area contributed by atoms with Crippen molar-refractivity contribution < 1.29 is 13.9 Å². The molecule has 7 heteroatoms. The summed E-state index contributed by atoms with van der Waals surface area (Å²) in [5.41, 5.74) is 0. The Morgan fingerprint density at radius 3 is 3.05 bits per heavy atom. The Hall–Kier alpha value is -1.40. The Kier molecular flexibility index (Phi) is 4.77. The summed E-state index contributed by atoms with van der Waals surface area (Å²) in [5, 5.41) is 3.03. The highest BCUT2D eigenvalue weighted by molar-refractivity contribution is 6.30. The van der Waals surface area contributed by atoms with Crippen molar-refractivity contribution in [1.82, 2.24) is 10.3 Å². The standard InChI is InChI=1S/C13H17ClFN3O2/c1-8(2)17-13(19)11-7-20-4-3-18(11)12-10(15)5-9(14)6-16-12/h5-6,8,11H,3-4,7H2,1-2H3,(H,17,19). The maximum atomic E-state index is 14.0. The van der Waals surface area contributed by atoms with Gasteiger partial charge in [-0.1, -0.05) is 11.6 Å². The van der Waals surface area contributed by atoms with E-state index in [4.69, 9.17) is 16.3 Å².